The molecule has 196 valence electrons. The summed E-state index contributed by atoms with van der Waals surface area (Å²) in [6.45, 7) is 3.11. The van der Waals surface area contributed by atoms with Crippen LogP contribution in [0.1, 0.15) is 25.3 Å². The van der Waals surface area contributed by atoms with Gasteiger partial charge in [0.25, 0.3) is 0 Å². The van der Waals surface area contributed by atoms with E-state index in [-0.39, 0.29) is 31.6 Å². The van der Waals surface area contributed by atoms with Gasteiger partial charge in [-0.25, -0.2) is 4.99 Å². The summed E-state index contributed by atoms with van der Waals surface area (Å²) in [5, 5.41) is 3.21. The fraction of sp³-hybridized carbons (Fsp3) is 0.250. The Kier molecular flexibility index (Phi) is 8.05. The molecule has 10 heteroatoms. The first kappa shape index (κ1) is 25.9. The van der Waals surface area contributed by atoms with E-state index in [4.69, 9.17) is 30.8 Å². The Morgan fingerprint density at radius 1 is 1.13 bits per heavy atom. The number of amides is 2. The van der Waals surface area contributed by atoms with E-state index in [0.717, 1.165) is 17.7 Å². The molecule has 3 aromatic rings. The number of amidine groups is 1. The number of hydrogen-bond donors (Lipinski definition) is 1. The summed E-state index contributed by atoms with van der Waals surface area (Å²) in [5.41, 5.74) is 2.07. The molecule has 0 aliphatic carbocycles. The molecule has 8 nitrogen and oxygen atoms in total. The third-order valence-electron chi connectivity index (χ3n) is 5.84. The van der Waals surface area contributed by atoms with Crippen molar-refractivity contribution in [2.75, 3.05) is 18.7 Å². The van der Waals surface area contributed by atoms with Crippen LogP contribution in [0.4, 0.5) is 11.4 Å². The molecule has 2 aliphatic rings. The molecule has 1 unspecified atom stereocenters. The first-order chi connectivity index (χ1) is 18.5. The molecule has 1 N–H and O–H groups in total. The zero-order valence-corrected chi connectivity index (χ0v) is 22.3. The lowest BCUT2D eigenvalue weighted by molar-refractivity contribution is -0.129. The Balaban J connectivity index is 1.35. The number of anilines is 1. The van der Waals surface area contributed by atoms with E-state index in [1.807, 2.05) is 37.3 Å². The molecule has 0 bridgehead atoms. The maximum absolute atomic E-state index is 13.4. The third kappa shape index (κ3) is 6.23. The average Bonchev–Trinajstić information content (AvgIpc) is 3.38. The molecule has 0 saturated carbocycles. The second kappa shape index (κ2) is 11.8. The van der Waals surface area contributed by atoms with Crippen LogP contribution in [0.15, 0.2) is 71.7 Å². The summed E-state index contributed by atoms with van der Waals surface area (Å²) in [6.07, 6.45) is 0.948. The minimum Gasteiger partial charge on any atom is -0.494 e. The van der Waals surface area contributed by atoms with E-state index in [9.17, 15) is 9.59 Å². The Bertz CT molecular complexity index is 1360. The van der Waals surface area contributed by atoms with Crippen molar-refractivity contribution in [3.05, 3.63) is 77.3 Å². The number of halogens is 1. The van der Waals surface area contributed by atoms with E-state index >= 15 is 0 Å². The standard InChI is InChI=1S/C28H26ClN3O5S/c1-2-12-35-22-9-7-20(8-10-22)30-27(34)25-15-26(33)32(16-18-6-11-23-24(13-18)37-17-36-23)28(38-25)31-21-5-3-4-19(29)14-21/h3-11,13-14,25H,2,12,15-17H2,1H3,(H,30,34). The number of ether oxygens (including phenoxy) is 3. The Hall–Kier alpha value is -3.69. The zero-order valence-electron chi connectivity index (χ0n) is 20.7. The summed E-state index contributed by atoms with van der Waals surface area (Å²) in [7, 11) is 0. The minimum absolute atomic E-state index is 0.0350. The maximum atomic E-state index is 13.4. The van der Waals surface area contributed by atoms with Gasteiger partial charge in [0.15, 0.2) is 16.7 Å². The van der Waals surface area contributed by atoms with Crippen molar-refractivity contribution in [3.8, 4) is 17.2 Å². The molecule has 2 amide bonds. The molecular weight excluding hydrogens is 526 g/mol. The van der Waals surface area contributed by atoms with Gasteiger partial charge in [0, 0.05) is 17.1 Å². The predicted octanol–water partition coefficient (Wildman–Crippen LogP) is 6.02. The van der Waals surface area contributed by atoms with E-state index in [1.54, 1.807) is 41.3 Å². The van der Waals surface area contributed by atoms with Crippen LogP contribution in [0.3, 0.4) is 0 Å². The van der Waals surface area contributed by atoms with Crippen molar-refractivity contribution in [1.29, 1.82) is 0 Å². The third-order valence-corrected chi connectivity index (χ3v) is 7.26. The Morgan fingerprint density at radius 3 is 2.74 bits per heavy atom. The van der Waals surface area contributed by atoms with Crippen LogP contribution in [0, 0.1) is 0 Å². The molecule has 0 radical (unpaired) electrons. The second-order valence-corrected chi connectivity index (χ2v) is 10.3. The number of nitrogens with one attached hydrogen (secondary N) is 1. The van der Waals surface area contributed by atoms with Gasteiger partial charge in [-0.05, 0) is 66.6 Å². The van der Waals surface area contributed by atoms with Gasteiger partial charge in [-0.1, -0.05) is 42.4 Å². The summed E-state index contributed by atoms with van der Waals surface area (Å²) < 4.78 is 16.5. The maximum Gasteiger partial charge on any atom is 0.238 e. The topological polar surface area (TPSA) is 89.5 Å². The molecule has 3 aromatic carbocycles. The average molecular weight is 552 g/mol. The molecule has 1 saturated heterocycles. The number of aliphatic imine (C=N–C) groups is 1. The fourth-order valence-electron chi connectivity index (χ4n) is 3.95. The molecule has 5 rings (SSSR count). The van der Waals surface area contributed by atoms with Gasteiger partial charge in [0.2, 0.25) is 18.6 Å². The zero-order chi connectivity index (χ0) is 26.5. The molecule has 2 aliphatic heterocycles. The van der Waals surface area contributed by atoms with E-state index < -0.39 is 5.25 Å². The number of benzene rings is 3. The summed E-state index contributed by atoms with van der Waals surface area (Å²) >= 11 is 7.41. The number of thioether (sulfide) groups is 1. The Morgan fingerprint density at radius 2 is 1.95 bits per heavy atom. The van der Waals surface area contributed by atoms with Crippen molar-refractivity contribution >= 4 is 51.7 Å². The van der Waals surface area contributed by atoms with Crippen LogP contribution < -0.4 is 19.5 Å². The van der Waals surface area contributed by atoms with Gasteiger partial charge < -0.3 is 19.5 Å². The molecule has 38 heavy (non-hydrogen) atoms. The fourth-order valence-corrected chi connectivity index (χ4v) is 5.23. The van der Waals surface area contributed by atoms with Crippen molar-refractivity contribution < 1.29 is 23.8 Å². The summed E-state index contributed by atoms with van der Waals surface area (Å²) in [4.78, 5) is 32.8. The quantitative estimate of drug-likeness (QED) is 0.368. The van der Waals surface area contributed by atoms with E-state index in [0.29, 0.717) is 39.7 Å². The van der Waals surface area contributed by atoms with Crippen LogP contribution in [-0.2, 0) is 16.1 Å². The molecule has 1 atom stereocenters. The van der Waals surface area contributed by atoms with Gasteiger partial charge in [-0.3, -0.25) is 14.5 Å². The van der Waals surface area contributed by atoms with Crippen LogP contribution in [-0.4, -0.2) is 40.5 Å². The predicted molar refractivity (Wildman–Crippen MR) is 149 cm³/mol. The lowest BCUT2D eigenvalue weighted by Gasteiger charge is -2.32. The molecule has 1 fully saturated rings. The highest BCUT2D eigenvalue weighted by Crippen LogP contribution is 2.35. The largest absolute Gasteiger partial charge is 0.494 e. The van der Waals surface area contributed by atoms with Gasteiger partial charge in [0.1, 0.15) is 11.0 Å². The van der Waals surface area contributed by atoms with Crippen LogP contribution in [0.25, 0.3) is 0 Å². The van der Waals surface area contributed by atoms with Gasteiger partial charge in [-0.15, -0.1) is 0 Å². The Labute approximate surface area is 229 Å². The number of fused-ring (bicyclic) bond motifs is 1. The van der Waals surface area contributed by atoms with Crippen molar-refractivity contribution in [2.45, 2.75) is 31.6 Å². The van der Waals surface area contributed by atoms with Gasteiger partial charge >= 0.3 is 0 Å². The van der Waals surface area contributed by atoms with E-state index in [2.05, 4.69) is 5.32 Å². The SMILES string of the molecule is CCCOc1ccc(NC(=O)C2CC(=O)N(Cc3ccc4c(c3)OCO4)C(=Nc3cccc(Cl)c3)S2)cc1. The van der Waals surface area contributed by atoms with Crippen LogP contribution >= 0.6 is 23.4 Å². The van der Waals surface area contributed by atoms with Gasteiger partial charge in [0.05, 0.1) is 18.8 Å². The summed E-state index contributed by atoms with van der Waals surface area (Å²) in [6, 6.07) is 19.8. The van der Waals surface area contributed by atoms with Crippen molar-refractivity contribution in [1.82, 2.24) is 4.90 Å². The van der Waals surface area contributed by atoms with Crippen LogP contribution in [0.2, 0.25) is 5.02 Å². The highest BCUT2D eigenvalue weighted by molar-refractivity contribution is 8.15. The van der Waals surface area contributed by atoms with E-state index in [1.165, 1.54) is 11.8 Å². The second-order valence-electron chi connectivity index (χ2n) is 8.71. The van der Waals surface area contributed by atoms with Crippen molar-refractivity contribution in [3.63, 3.8) is 0 Å². The highest BCUT2D eigenvalue weighted by atomic mass is 35.5. The molecule has 0 spiro atoms. The number of carbonyl (C=O) groups excluding carboxylic acids is 2. The molecule has 0 aromatic heterocycles. The van der Waals surface area contributed by atoms with Crippen LogP contribution in [0.5, 0.6) is 17.2 Å². The summed E-state index contributed by atoms with van der Waals surface area (Å²) in [5.74, 6) is 1.57. The number of rotatable bonds is 8. The highest BCUT2D eigenvalue weighted by Gasteiger charge is 2.36. The molecule has 2 heterocycles. The number of hydrogen-bond acceptors (Lipinski definition) is 7. The smallest absolute Gasteiger partial charge is 0.238 e. The van der Waals surface area contributed by atoms with Gasteiger partial charge in [-0.2, -0.15) is 0 Å². The molecular formula is C28H26ClN3O5S. The lowest BCUT2D eigenvalue weighted by atomic mass is 10.1. The first-order valence-electron chi connectivity index (χ1n) is 12.2. The first-order valence-corrected chi connectivity index (χ1v) is 13.5. The number of nitrogens with zero attached hydrogens (tertiary/aromatic N) is 2. The van der Waals surface area contributed by atoms with Crippen molar-refractivity contribution in [2.24, 2.45) is 4.99 Å². The minimum atomic E-state index is -0.649. The monoisotopic (exact) mass is 551 g/mol. The normalized spacial score (nSPS) is 17.5. The lowest BCUT2D eigenvalue weighted by Crippen LogP contribution is -2.44. The number of carbonyl (C=O) groups is 2.